The van der Waals surface area contributed by atoms with Crippen molar-refractivity contribution in [1.82, 2.24) is 4.90 Å². The van der Waals surface area contributed by atoms with Gasteiger partial charge in [0.2, 0.25) is 0 Å². The summed E-state index contributed by atoms with van der Waals surface area (Å²) in [5.74, 6) is -0.712. The average molecular weight is 317 g/mol. The van der Waals surface area contributed by atoms with E-state index in [2.05, 4.69) is 15.9 Å². The maximum atomic E-state index is 13.2. The second kappa shape index (κ2) is 5.26. The van der Waals surface area contributed by atoms with E-state index in [-0.39, 0.29) is 17.1 Å². The van der Waals surface area contributed by atoms with Crippen molar-refractivity contribution in [1.29, 1.82) is 0 Å². The minimum Gasteiger partial charge on any atom is -0.396 e. The third-order valence-corrected chi connectivity index (χ3v) is 4.05. The van der Waals surface area contributed by atoms with Crippen molar-refractivity contribution in [2.24, 2.45) is 0 Å². The van der Waals surface area contributed by atoms with Gasteiger partial charge in [0, 0.05) is 17.1 Å². The Kier molecular flexibility index (Phi) is 4.37. The van der Waals surface area contributed by atoms with Crippen molar-refractivity contribution in [2.75, 3.05) is 12.8 Å². The average Bonchev–Trinajstić information content (AvgIpc) is 2.32. The minimum absolute atomic E-state index is 0.0238. The number of nitrogens with zero attached hydrogens (tertiary/aromatic N) is 1. The first-order valence-corrected chi connectivity index (χ1v) is 6.52. The Morgan fingerprint density at radius 3 is 2.56 bits per heavy atom. The quantitative estimate of drug-likeness (QED) is 0.868. The van der Waals surface area contributed by atoms with Gasteiger partial charge in [-0.1, -0.05) is 6.92 Å². The van der Waals surface area contributed by atoms with E-state index in [0.29, 0.717) is 10.0 Å². The molecule has 0 radical (unpaired) electrons. The fraction of sp³-hybridized carbons (Fsp3) is 0.462. The van der Waals surface area contributed by atoms with Gasteiger partial charge in [0.15, 0.2) is 0 Å². The molecule has 0 saturated carbocycles. The number of amides is 1. The molecule has 0 spiro atoms. The van der Waals surface area contributed by atoms with E-state index in [1.165, 1.54) is 12.1 Å². The molecule has 0 aromatic heterocycles. The SMILES string of the molecule is CCC(C)(C)N(C)C(=O)c1cc(N)c(F)cc1Br. The fourth-order valence-corrected chi connectivity index (χ4v) is 1.91. The Balaban J connectivity index is 3.16. The second-order valence-electron chi connectivity index (χ2n) is 4.88. The lowest BCUT2D eigenvalue weighted by Gasteiger charge is -2.35. The van der Waals surface area contributed by atoms with Crippen molar-refractivity contribution >= 4 is 27.5 Å². The van der Waals surface area contributed by atoms with Gasteiger partial charge in [-0.25, -0.2) is 4.39 Å². The van der Waals surface area contributed by atoms with E-state index in [1.54, 1.807) is 11.9 Å². The summed E-state index contributed by atoms with van der Waals surface area (Å²) in [6, 6.07) is 2.58. The Labute approximate surface area is 115 Å². The predicted molar refractivity (Wildman–Crippen MR) is 75.0 cm³/mol. The molecule has 100 valence electrons. The summed E-state index contributed by atoms with van der Waals surface area (Å²) in [4.78, 5) is 14.0. The lowest BCUT2D eigenvalue weighted by molar-refractivity contribution is 0.0619. The molecular formula is C13H18BrFN2O. The Morgan fingerprint density at radius 2 is 2.06 bits per heavy atom. The number of rotatable bonds is 3. The van der Waals surface area contributed by atoms with E-state index < -0.39 is 5.82 Å². The van der Waals surface area contributed by atoms with Crippen molar-refractivity contribution < 1.29 is 9.18 Å². The molecule has 1 aromatic rings. The van der Waals surface area contributed by atoms with Crippen LogP contribution in [-0.2, 0) is 0 Å². The van der Waals surface area contributed by atoms with Gasteiger partial charge in [0.25, 0.3) is 5.91 Å². The Hall–Kier alpha value is -1.10. The maximum Gasteiger partial charge on any atom is 0.255 e. The lowest BCUT2D eigenvalue weighted by Crippen LogP contribution is -2.44. The molecule has 0 saturated heterocycles. The predicted octanol–water partition coefficient (Wildman–Crippen LogP) is 3.43. The largest absolute Gasteiger partial charge is 0.396 e. The highest BCUT2D eigenvalue weighted by atomic mass is 79.9. The van der Waals surface area contributed by atoms with Crippen LogP contribution in [-0.4, -0.2) is 23.4 Å². The zero-order valence-electron chi connectivity index (χ0n) is 11.1. The van der Waals surface area contributed by atoms with Crippen LogP contribution < -0.4 is 5.73 Å². The summed E-state index contributed by atoms with van der Waals surface area (Å²) in [5, 5.41) is 0. The molecule has 0 fully saturated rings. The van der Waals surface area contributed by atoms with Crippen LogP contribution in [0.15, 0.2) is 16.6 Å². The molecule has 0 atom stereocenters. The molecule has 5 heteroatoms. The molecule has 1 rings (SSSR count). The van der Waals surface area contributed by atoms with E-state index in [0.717, 1.165) is 6.42 Å². The third kappa shape index (κ3) is 2.83. The van der Waals surface area contributed by atoms with Crippen LogP contribution >= 0.6 is 15.9 Å². The van der Waals surface area contributed by atoms with Gasteiger partial charge in [0.05, 0.1) is 11.3 Å². The number of nitrogen functional groups attached to an aromatic ring is 1. The van der Waals surface area contributed by atoms with Gasteiger partial charge in [-0.2, -0.15) is 0 Å². The summed E-state index contributed by atoms with van der Waals surface area (Å²) in [6.45, 7) is 5.97. The first kappa shape index (κ1) is 15.0. The normalized spacial score (nSPS) is 11.4. The molecule has 3 nitrogen and oxygen atoms in total. The number of anilines is 1. The van der Waals surface area contributed by atoms with Crippen LogP contribution in [0.1, 0.15) is 37.6 Å². The summed E-state index contributed by atoms with van der Waals surface area (Å²) in [7, 11) is 1.73. The van der Waals surface area contributed by atoms with Crippen LogP contribution in [0.4, 0.5) is 10.1 Å². The molecule has 18 heavy (non-hydrogen) atoms. The molecule has 0 aliphatic rings. The van der Waals surface area contributed by atoms with Gasteiger partial charge in [0.1, 0.15) is 5.82 Å². The molecule has 1 aromatic carbocycles. The zero-order chi connectivity index (χ0) is 14.1. The smallest absolute Gasteiger partial charge is 0.255 e. The number of nitrogens with two attached hydrogens (primary N) is 1. The molecule has 0 aliphatic carbocycles. The number of hydrogen-bond donors (Lipinski definition) is 1. The maximum absolute atomic E-state index is 13.2. The van der Waals surface area contributed by atoms with E-state index >= 15 is 0 Å². The first-order valence-electron chi connectivity index (χ1n) is 5.73. The van der Waals surface area contributed by atoms with Gasteiger partial charge in [-0.15, -0.1) is 0 Å². The number of halogens is 2. The Bertz CT molecular complexity index is 474. The number of benzene rings is 1. The van der Waals surface area contributed by atoms with Gasteiger partial charge in [-0.3, -0.25) is 4.79 Å². The molecule has 0 bridgehead atoms. The number of carbonyl (C=O) groups excluding carboxylic acids is 1. The molecule has 2 N–H and O–H groups in total. The van der Waals surface area contributed by atoms with Crippen LogP contribution in [0.25, 0.3) is 0 Å². The molecule has 0 unspecified atom stereocenters. The van der Waals surface area contributed by atoms with E-state index in [1.807, 2.05) is 20.8 Å². The van der Waals surface area contributed by atoms with E-state index in [4.69, 9.17) is 5.73 Å². The zero-order valence-corrected chi connectivity index (χ0v) is 12.6. The summed E-state index contributed by atoms with van der Waals surface area (Å²) < 4.78 is 13.7. The minimum atomic E-state index is -0.532. The molecular weight excluding hydrogens is 299 g/mol. The monoisotopic (exact) mass is 316 g/mol. The van der Waals surface area contributed by atoms with Crippen LogP contribution in [0.3, 0.4) is 0 Å². The van der Waals surface area contributed by atoms with Crippen LogP contribution in [0, 0.1) is 5.82 Å². The second-order valence-corrected chi connectivity index (χ2v) is 5.74. The summed E-state index contributed by atoms with van der Waals surface area (Å²) in [6.07, 6.45) is 0.823. The number of carbonyl (C=O) groups is 1. The van der Waals surface area contributed by atoms with Crippen molar-refractivity contribution in [3.05, 3.63) is 28.0 Å². The van der Waals surface area contributed by atoms with Crippen molar-refractivity contribution in [3.63, 3.8) is 0 Å². The van der Waals surface area contributed by atoms with Crippen molar-refractivity contribution in [3.8, 4) is 0 Å². The molecule has 0 aliphatic heterocycles. The molecule has 0 heterocycles. The van der Waals surface area contributed by atoms with Gasteiger partial charge < -0.3 is 10.6 Å². The van der Waals surface area contributed by atoms with Gasteiger partial charge in [-0.05, 0) is 48.3 Å². The van der Waals surface area contributed by atoms with E-state index in [9.17, 15) is 9.18 Å². The topological polar surface area (TPSA) is 46.3 Å². The Morgan fingerprint density at radius 1 is 1.50 bits per heavy atom. The van der Waals surface area contributed by atoms with Crippen LogP contribution in [0.2, 0.25) is 0 Å². The standard InChI is InChI=1S/C13H18BrFN2O/c1-5-13(2,3)17(4)12(18)8-6-11(16)10(15)7-9(8)14/h6-7H,5,16H2,1-4H3. The fourth-order valence-electron chi connectivity index (χ4n) is 1.42. The highest BCUT2D eigenvalue weighted by Gasteiger charge is 2.28. The summed E-state index contributed by atoms with van der Waals surface area (Å²) in [5.41, 5.74) is 5.59. The number of hydrogen-bond acceptors (Lipinski definition) is 2. The highest BCUT2D eigenvalue weighted by Crippen LogP contribution is 2.26. The van der Waals surface area contributed by atoms with Crippen molar-refractivity contribution in [2.45, 2.75) is 32.7 Å². The first-order chi connectivity index (χ1) is 8.20. The molecule has 1 amide bonds. The lowest BCUT2D eigenvalue weighted by atomic mass is 9.99. The van der Waals surface area contributed by atoms with Crippen LogP contribution in [0.5, 0.6) is 0 Å². The highest BCUT2D eigenvalue weighted by molar-refractivity contribution is 9.10. The summed E-state index contributed by atoms with van der Waals surface area (Å²) >= 11 is 3.20. The van der Waals surface area contributed by atoms with Gasteiger partial charge >= 0.3 is 0 Å². The third-order valence-electron chi connectivity index (χ3n) is 3.39.